The molecule has 0 N–H and O–H groups in total. The Morgan fingerprint density at radius 2 is 1.71 bits per heavy atom. The molecule has 0 amide bonds. The second-order valence-corrected chi connectivity index (χ2v) is 5.46. The first-order valence-corrected chi connectivity index (χ1v) is 7.70. The van der Waals surface area contributed by atoms with Crippen LogP contribution in [0, 0.1) is 0 Å². The Morgan fingerprint density at radius 1 is 1.05 bits per heavy atom. The summed E-state index contributed by atoms with van der Waals surface area (Å²) in [6.45, 7) is 8.06. The lowest BCUT2D eigenvalue weighted by atomic mass is 10.1. The van der Waals surface area contributed by atoms with E-state index in [9.17, 15) is 4.79 Å². The van der Waals surface area contributed by atoms with Crippen LogP contribution < -0.4 is 4.74 Å². The van der Waals surface area contributed by atoms with Crippen LogP contribution in [0.5, 0.6) is 5.75 Å². The zero-order valence-corrected chi connectivity index (χ0v) is 13.8. The van der Waals surface area contributed by atoms with Gasteiger partial charge in [-0.15, -0.1) is 0 Å². The molecule has 118 valence electrons. The molecule has 0 aliphatic rings. The van der Waals surface area contributed by atoms with E-state index in [2.05, 4.69) is 30.8 Å². The summed E-state index contributed by atoms with van der Waals surface area (Å²) in [5, 5.41) is 0. The van der Waals surface area contributed by atoms with Gasteiger partial charge in [0.25, 0.3) is 0 Å². The molecule has 1 aromatic carbocycles. The number of hydrogen-bond donors (Lipinski definition) is 0. The summed E-state index contributed by atoms with van der Waals surface area (Å²) in [5.74, 6) is 0.984. The highest BCUT2D eigenvalue weighted by Crippen LogP contribution is 2.13. The number of hydrogen-bond acceptors (Lipinski definition) is 4. The molecular formula is C17H28N2O2. The van der Waals surface area contributed by atoms with Crippen LogP contribution >= 0.6 is 0 Å². The number of likely N-dealkylation sites (N-methyl/N-ethyl adjacent to an activating group) is 1. The van der Waals surface area contributed by atoms with E-state index in [0.717, 1.165) is 37.4 Å². The average molecular weight is 292 g/mol. The van der Waals surface area contributed by atoms with Crippen molar-refractivity contribution in [2.45, 2.75) is 20.3 Å². The predicted octanol–water partition coefficient (Wildman–Crippen LogP) is 2.54. The first-order chi connectivity index (χ1) is 10.1. The van der Waals surface area contributed by atoms with Gasteiger partial charge < -0.3 is 9.64 Å². The number of nitrogens with zero attached hydrogens (tertiary/aromatic N) is 2. The molecule has 0 unspecified atom stereocenters. The van der Waals surface area contributed by atoms with Crippen LogP contribution in [0.2, 0.25) is 0 Å². The Labute approximate surface area is 128 Å². The van der Waals surface area contributed by atoms with E-state index in [0.29, 0.717) is 13.2 Å². The zero-order valence-electron chi connectivity index (χ0n) is 13.8. The fraction of sp³-hybridized carbons (Fsp3) is 0.588. The fourth-order valence-electron chi connectivity index (χ4n) is 2.13. The minimum Gasteiger partial charge on any atom is -0.494 e. The van der Waals surface area contributed by atoms with Gasteiger partial charge in [-0.25, -0.2) is 0 Å². The summed E-state index contributed by atoms with van der Waals surface area (Å²) in [6.07, 6.45) is 1.06. The molecule has 0 aliphatic carbocycles. The van der Waals surface area contributed by atoms with Gasteiger partial charge in [0, 0.05) is 18.7 Å². The zero-order chi connectivity index (χ0) is 15.7. The molecule has 1 rings (SSSR count). The van der Waals surface area contributed by atoms with Gasteiger partial charge in [0.15, 0.2) is 5.78 Å². The van der Waals surface area contributed by atoms with Crippen molar-refractivity contribution in [3.8, 4) is 5.75 Å². The minimum absolute atomic E-state index is 0.172. The molecule has 21 heavy (non-hydrogen) atoms. The van der Waals surface area contributed by atoms with Crippen molar-refractivity contribution in [2.75, 3.05) is 46.9 Å². The maximum absolute atomic E-state index is 12.3. The predicted molar refractivity (Wildman–Crippen MR) is 87.2 cm³/mol. The Bertz CT molecular complexity index is 415. The lowest BCUT2D eigenvalue weighted by molar-refractivity contribution is 0.0925. The Morgan fingerprint density at radius 3 is 2.24 bits per heavy atom. The molecule has 0 bridgehead atoms. The standard InChI is InChI=1S/C17H28N2O2/c1-5-11-19(13-12-18(3)4)14-17(20)15-7-9-16(10-8-15)21-6-2/h7-10H,5-6,11-14H2,1-4H3. The van der Waals surface area contributed by atoms with Gasteiger partial charge in [0.1, 0.15) is 5.75 Å². The van der Waals surface area contributed by atoms with Crippen LogP contribution in [0.25, 0.3) is 0 Å². The van der Waals surface area contributed by atoms with Gasteiger partial charge in [0.05, 0.1) is 13.2 Å². The Kier molecular flexibility index (Phi) is 8.01. The van der Waals surface area contributed by atoms with Crippen molar-refractivity contribution in [3.63, 3.8) is 0 Å². The molecule has 0 saturated carbocycles. The highest BCUT2D eigenvalue weighted by molar-refractivity contribution is 5.97. The van der Waals surface area contributed by atoms with E-state index >= 15 is 0 Å². The molecule has 4 nitrogen and oxygen atoms in total. The molecule has 0 spiro atoms. The van der Waals surface area contributed by atoms with Crippen molar-refractivity contribution in [2.24, 2.45) is 0 Å². The first-order valence-electron chi connectivity index (χ1n) is 7.70. The number of ketones is 1. The monoisotopic (exact) mass is 292 g/mol. The molecule has 4 heteroatoms. The van der Waals surface area contributed by atoms with Gasteiger partial charge >= 0.3 is 0 Å². The third-order valence-corrected chi connectivity index (χ3v) is 3.26. The summed E-state index contributed by atoms with van der Waals surface area (Å²) in [4.78, 5) is 16.7. The third-order valence-electron chi connectivity index (χ3n) is 3.26. The van der Waals surface area contributed by atoms with Crippen molar-refractivity contribution >= 4 is 5.78 Å². The van der Waals surface area contributed by atoms with Crippen molar-refractivity contribution in [1.29, 1.82) is 0 Å². The van der Waals surface area contributed by atoms with Crippen molar-refractivity contribution in [1.82, 2.24) is 9.80 Å². The second-order valence-electron chi connectivity index (χ2n) is 5.46. The molecule has 0 atom stereocenters. The van der Waals surface area contributed by atoms with E-state index in [1.807, 2.05) is 31.2 Å². The van der Waals surface area contributed by atoms with Crippen LogP contribution in [-0.4, -0.2) is 62.5 Å². The quantitative estimate of drug-likeness (QED) is 0.620. The van der Waals surface area contributed by atoms with Crippen LogP contribution in [0.15, 0.2) is 24.3 Å². The molecule has 0 aromatic heterocycles. The maximum atomic E-state index is 12.3. The van der Waals surface area contributed by atoms with Crippen LogP contribution in [0.1, 0.15) is 30.6 Å². The molecule has 0 saturated heterocycles. The van der Waals surface area contributed by atoms with Crippen molar-refractivity contribution in [3.05, 3.63) is 29.8 Å². The first kappa shape index (κ1) is 17.7. The molecule has 0 fully saturated rings. The smallest absolute Gasteiger partial charge is 0.176 e. The van der Waals surface area contributed by atoms with E-state index in [4.69, 9.17) is 4.74 Å². The second kappa shape index (κ2) is 9.53. The normalized spacial score (nSPS) is 11.1. The number of benzene rings is 1. The van der Waals surface area contributed by atoms with Crippen LogP contribution in [0.3, 0.4) is 0 Å². The third kappa shape index (κ3) is 6.74. The van der Waals surface area contributed by atoms with E-state index in [1.165, 1.54) is 0 Å². The highest BCUT2D eigenvalue weighted by atomic mass is 16.5. The molecule has 0 aliphatic heterocycles. The van der Waals surface area contributed by atoms with E-state index in [1.54, 1.807) is 0 Å². The molecule has 0 heterocycles. The van der Waals surface area contributed by atoms with Gasteiger partial charge in [-0.2, -0.15) is 0 Å². The topological polar surface area (TPSA) is 32.8 Å². The van der Waals surface area contributed by atoms with E-state index < -0.39 is 0 Å². The fourth-order valence-corrected chi connectivity index (χ4v) is 2.13. The molecule has 0 radical (unpaired) electrons. The summed E-state index contributed by atoms with van der Waals surface area (Å²) in [7, 11) is 4.11. The molecular weight excluding hydrogens is 264 g/mol. The van der Waals surface area contributed by atoms with Crippen LogP contribution in [-0.2, 0) is 0 Å². The SMILES string of the molecule is CCCN(CCN(C)C)CC(=O)c1ccc(OCC)cc1. The summed E-state index contributed by atoms with van der Waals surface area (Å²) < 4.78 is 5.40. The van der Waals surface area contributed by atoms with Gasteiger partial charge in [0.2, 0.25) is 0 Å². The largest absolute Gasteiger partial charge is 0.494 e. The minimum atomic E-state index is 0.172. The lowest BCUT2D eigenvalue weighted by Gasteiger charge is -2.22. The summed E-state index contributed by atoms with van der Waals surface area (Å²) in [6, 6.07) is 7.42. The Balaban J connectivity index is 2.58. The number of Topliss-reactive ketones (excluding diaryl/α,β-unsaturated/α-hetero) is 1. The number of ether oxygens (including phenoxy) is 1. The highest BCUT2D eigenvalue weighted by Gasteiger charge is 2.12. The van der Waals surface area contributed by atoms with Gasteiger partial charge in [-0.1, -0.05) is 6.92 Å². The van der Waals surface area contributed by atoms with Gasteiger partial charge in [-0.3, -0.25) is 9.69 Å². The van der Waals surface area contributed by atoms with E-state index in [-0.39, 0.29) is 5.78 Å². The molecule has 1 aromatic rings. The average Bonchev–Trinajstić information content (AvgIpc) is 2.46. The Hall–Kier alpha value is -1.39. The lowest BCUT2D eigenvalue weighted by Crippen LogP contribution is -2.36. The summed E-state index contributed by atoms with van der Waals surface area (Å²) >= 11 is 0. The van der Waals surface area contributed by atoms with Crippen molar-refractivity contribution < 1.29 is 9.53 Å². The maximum Gasteiger partial charge on any atom is 0.176 e. The number of carbonyl (C=O) groups is 1. The van der Waals surface area contributed by atoms with Crippen LogP contribution in [0.4, 0.5) is 0 Å². The summed E-state index contributed by atoms with van der Waals surface area (Å²) in [5.41, 5.74) is 0.754. The number of rotatable bonds is 10. The number of carbonyl (C=O) groups excluding carboxylic acids is 1. The van der Waals surface area contributed by atoms with Gasteiger partial charge in [-0.05, 0) is 58.3 Å².